The molecule has 0 spiro atoms. The molecule has 0 fully saturated rings. The first-order valence-corrected chi connectivity index (χ1v) is 8.19. The Morgan fingerprint density at radius 3 is 2.11 bits per heavy atom. The first-order valence-electron chi connectivity index (χ1n) is 5.76. The van der Waals surface area contributed by atoms with Crippen molar-refractivity contribution in [2.24, 2.45) is 5.73 Å². The molecule has 0 saturated heterocycles. The number of sulfone groups is 1. The fourth-order valence-electron chi connectivity index (χ4n) is 1.17. The van der Waals surface area contributed by atoms with Crippen LogP contribution in [0.1, 0.15) is 41.0 Å². The second-order valence-corrected chi connectivity index (χ2v) is 8.19. The molecule has 0 aromatic heterocycles. The van der Waals surface area contributed by atoms with E-state index in [1.54, 1.807) is 20.8 Å². The molecule has 3 N–H and O–H groups in total. The van der Waals surface area contributed by atoms with Crippen LogP contribution in [0.15, 0.2) is 9.93 Å². The molecule has 5 nitrogen and oxygen atoms in total. The van der Waals surface area contributed by atoms with Gasteiger partial charge in [-0.15, -0.1) is 0 Å². The van der Waals surface area contributed by atoms with E-state index in [1.165, 1.54) is 6.92 Å². The molecule has 106 valence electrons. The Bertz CT molecular complexity index is 424. The second-order valence-electron chi connectivity index (χ2n) is 4.28. The molecular formula is C11H22N2O3S2. The molecule has 0 radical (unpaired) electrons. The highest BCUT2D eigenvalue weighted by Crippen LogP contribution is 2.31. The van der Waals surface area contributed by atoms with Crippen molar-refractivity contribution < 1.29 is 13.2 Å². The number of allylic oxidation sites excluding steroid dienone is 1. The average molecular weight is 294 g/mol. The van der Waals surface area contributed by atoms with Gasteiger partial charge >= 0.3 is 0 Å². The molecule has 0 aliphatic carbocycles. The highest BCUT2D eigenvalue weighted by atomic mass is 32.3. The minimum Gasteiger partial charge on any atom is -0.401 e. The van der Waals surface area contributed by atoms with Gasteiger partial charge in [0.2, 0.25) is 5.91 Å². The molecular weight excluding hydrogens is 272 g/mol. The summed E-state index contributed by atoms with van der Waals surface area (Å²) >= 11 is 1.10. The lowest BCUT2D eigenvalue weighted by Crippen LogP contribution is -2.31. The standard InChI is InChI=1S/C11H22N2O3S2/c1-6-10(13-9(5)14)17-11(8(4)12)18(15,16)7(2)3/h7,10H,6,12H2,1-5H3,(H,13,14)/b11-8+. The van der Waals surface area contributed by atoms with Crippen molar-refractivity contribution in [3.05, 3.63) is 9.93 Å². The summed E-state index contributed by atoms with van der Waals surface area (Å²) in [5, 5.41) is 1.87. The second kappa shape index (κ2) is 7.04. The monoisotopic (exact) mass is 294 g/mol. The molecule has 0 bridgehead atoms. The largest absolute Gasteiger partial charge is 0.401 e. The Balaban J connectivity index is 5.21. The van der Waals surface area contributed by atoms with Gasteiger partial charge in [0, 0.05) is 12.6 Å². The van der Waals surface area contributed by atoms with Crippen LogP contribution >= 0.6 is 11.8 Å². The maximum absolute atomic E-state index is 12.1. The van der Waals surface area contributed by atoms with E-state index in [4.69, 9.17) is 5.73 Å². The van der Waals surface area contributed by atoms with Gasteiger partial charge in [0.15, 0.2) is 9.84 Å². The van der Waals surface area contributed by atoms with Gasteiger partial charge in [-0.25, -0.2) is 8.42 Å². The van der Waals surface area contributed by atoms with Gasteiger partial charge in [-0.3, -0.25) is 4.79 Å². The van der Waals surface area contributed by atoms with Crippen molar-refractivity contribution in [3.8, 4) is 0 Å². The van der Waals surface area contributed by atoms with Crippen LogP contribution in [-0.4, -0.2) is 24.9 Å². The molecule has 7 heteroatoms. The summed E-state index contributed by atoms with van der Waals surface area (Å²) in [4.78, 5) is 11.0. The van der Waals surface area contributed by atoms with E-state index < -0.39 is 15.1 Å². The summed E-state index contributed by atoms with van der Waals surface area (Å²) in [5.74, 6) is -0.190. The third-order valence-electron chi connectivity index (χ3n) is 2.19. The molecule has 0 aromatic carbocycles. The van der Waals surface area contributed by atoms with Crippen molar-refractivity contribution in [3.63, 3.8) is 0 Å². The molecule has 0 heterocycles. The fourth-order valence-corrected chi connectivity index (χ4v) is 4.34. The first kappa shape index (κ1) is 17.3. The third-order valence-corrected chi connectivity index (χ3v) is 6.52. The van der Waals surface area contributed by atoms with Crippen LogP contribution in [0.25, 0.3) is 0 Å². The Morgan fingerprint density at radius 1 is 1.33 bits per heavy atom. The number of rotatable bonds is 6. The van der Waals surface area contributed by atoms with Crippen LogP contribution in [0, 0.1) is 0 Å². The van der Waals surface area contributed by atoms with Gasteiger partial charge < -0.3 is 11.1 Å². The molecule has 0 saturated carbocycles. The zero-order valence-electron chi connectivity index (χ0n) is 11.5. The van der Waals surface area contributed by atoms with E-state index in [0.29, 0.717) is 6.42 Å². The van der Waals surface area contributed by atoms with Gasteiger partial charge in [0.25, 0.3) is 0 Å². The predicted molar refractivity (Wildman–Crippen MR) is 76.4 cm³/mol. The van der Waals surface area contributed by atoms with Gasteiger partial charge in [0.1, 0.15) is 4.24 Å². The van der Waals surface area contributed by atoms with E-state index in [0.717, 1.165) is 11.8 Å². The van der Waals surface area contributed by atoms with Crippen LogP contribution < -0.4 is 11.1 Å². The minimum absolute atomic E-state index is 0.151. The van der Waals surface area contributed by atoms with Gasteiger partial charge in [-0.05, 0) is 27.2 Å². The fraction of sp³-hybridized carbons (Fsp3) is 0.727. The number of hydrogen-bond acceptors (Lipinski definition) is 5. The number of nitrogens with one attached hydrogen (secondary N) is 1. The quantitative estimate of drug-likeness (QED) is 0.726. The Hall–Kier alpha value is -0.690. The van der Waals surface area contributed by atoms with Crippen molar-refractivity contribution in [2.45, 2.75) is 51.7 Å². The topological polar surface area (TPSA) is 89.3 Å². The molecule has 1 unspecified atom stereocenters. The molecule has 0 rings (SSSR count). The Morgan fingerprint density at radius 2 is 1.83 bits per heavy atom. The van der Waals surface area contributed by atoms with E-state index in [9.17, 15) is 13.2 Å². The SMILES string of the molecule is CCC(NC(C)=O)S/C(=C(/C)N)S(=O)(=O)C(C)C. The number of thioether (sulfide) groups is 1. The highest BCUT2D eigenvalue weighted by molar-refractivity contribution is 8.19. The molecule has 0 aliphatic heterocycles. The summed E-state index contributed by atoms with van der Waals surface area (Å²) in [6.07, 6.45) is 0.620. The zero-order valence-corrected chi connectivity index (χ0v) is 13.1. The van der Waals surface area contributed by atoms with Crippen LogP contribution in [0.4, 0.5) is 0 Å². The molecule has 1 atom stereocenters. The number of carbonyl (C=O) groups excluding carboxylic acids is 1. The number of amides is 1. The van der Waals surface area contributed by atoms with Crippen LogP contribution in [0.3, 0.4) is 0 Å². The van der Waals surface area contributed by atoms with Crippen LogP contribution in [-0.2, 0) is 14.6 Å². The van der Waals surface area contributed by atoms with Crippen molar-refractivity contribution >= 4 is 27.5 Å². The number of nitrogens with two attached hydrogens (primary N) is 1. The van der Waals surface area contributed by atoms with Crippen LogP contribution in [0.2, 0.25) is 0 Å². The Kier molecular flexibility index (Phi) is 6.77. The van der Waals surface area contributed by atoms with Gasteiger partial charge in [-0.1, -0.05) is 18.7 Å². The Labute approximate surface area is 113 Å². The van der Waals surface area contributed by atoms with E-state index in [-0.39, 0.29) is 21.2 Å². The summed E-state index contributed by atoms with van der Waals surface area (Å²) in [7, 11) is -3.41. The molecule has 0 aliphatic rings. The van der Waals surface area contributed by atoms with E-state index in [1.807, 2.05) is 6.92 Å². The smallest absolute Gasteiger partial charge is 0.217 e. The summed E-state index contributed by atoms with van der Waals surface area (Å²) < 4.78 is 24.4. The normalized spacial score (nSPS) is 15.2. The summed E-state index contributed by atoms with van der Waals surface area (Å²) in [6, 6.07) is 0. The third kappa shape index (κ3) is 4.89. The molecule has 1 amide bonds. The van der Waals surface area contributed by atoms with Crippen molar-refractivity contribution in [1.82, 2.24) is 5.32 Å². The molecule has 18 heavy (non-hydrogen) atoms. The maximum Gasteiger partial charge on any atom is 0.217 e. The molecule has 0 aromatic rings. The van der Waals surface area contributed by atoms with Gasteiger partial charge in [0.05, 0.1) is 10.6 Å². The first-order chi connectivity index (χ1) is 8.12. The predicted octanol–water partition coefficient (Wildman–Crippen LogP) is 1.56. The summed E-state index contributed by atoms with van der Waals surface area (Å²) in [5.41, 5.74) is 5.92. The van der Waals surface area contributed by atoms with Gasteiger partial charge in [-0.2, -0.15) is 0 Å². The lowest BCUT2D eigenvalue weighted by molar-refractivity contribution is -0.119. The average Bonchev–Trinajstić information content (AvgIpc) is 2.22. The minimum atomic E-state index is -3.41. The van der Waals surface area contributed by atoms with Crippen molar-refractivity contribution in [2.75, 3.05) is 0 Å². The lowest BCUT2D eigenvalue weighted by Gasteiger charge is -2.19. The van der Waals surface area contributed by atoms with E-state index in [2.05, 4.69) is 5.32 Å². The highest BCUT2D eigenvalue weighted by Gasteiger charge is 2.27. The number of hydrogen-bond donors (Lipinski definition) is 2. The summed E-state index contributed by atoms with van der Waals surface area (Å²) in [6.45, 7) is 8.05. The zero-order chi connectivity index (χ0) is 14.5. The number of carbonyl (C=O) groups is 1. The van der Waals surface area contributed by atoms with Crippen LogP contribution in [0.5, 0.6) is 0 Å². The van der Waals surface area contributed by atoms with E-state index >= 15 is 0 Å². The lowest BCUT2D eigenvalue weighted by atomic mass is 10.5. The maximum atomic E-state index is 12.1. The van der Waals surface area contributed by atoms with Crippen molar-refractivity contribution in [1.29, 1.82) is 0 Å².